The van der Waals surface area contributed by atoms with E-state index in [2.05, 4.69) is 10.3 Å². The van der Waals surface area contributed by atoms with Crippen molar-refractivity contribution >= 4 is 17.3 Å². The number of benzene rings is 1. The summed E-state index contributed by atoms with van der Waals surface area (Å²) in [7, 11) is 1.95. The summed E-state index contributed by atoms with van der Waals surface area (Å²) in [6.07, 6.45) is 3.58. The van der Waals surface area contributed by atoms with Crippen LogP contribution in [0.3, 0.4) is 0 Å². The third-order valence-corrected chi connectivity index (χ3v) is 3.32. The number of fused-ring (bicyclic) bond motifs is 1. The molecule has 1 aromatic carbocycles. The van der Waals surface area contributed by atoms with Gasteiger partial charge in [0.2, 0.25) is 0 Å². The van der Waals surface area contributed by atoms with Gasteiger partial charge in [0, 0.05) is 25.4 Å². The van der Waals surface area contributed by atoms with Crippen LogP contribution in [0, 0.1) is 0 Å². The van der Waals surface area contributed by atoms with Gasteiger partial charge in [-0.1, -0.05) is 11.6 Å². The molecule has 0 fully saturated rings. The number of aryl methyl sites for hydroxylation is 1. The molecule has 5 nitrogen and oxygen atoms in total. The van der Waals surface area contributed by atoms with E-state index in [4.69, 9.17) is 21.1 Å². The van der Waals surface area contributed by atoms with Gasteiger partial charge in [0.05, 0.1) is 29.3 Å². The summed E-state index contributed by atoms with van der Waals surface area (Å²) < 4.78 is 13.0. The van der Waals surface area contributed by atoms with Crippen LogP contribution in [0.2, 0.25) is 5.02 Å². The third kappa shape index (κ3) is 2.46. The molecule has 0 amide bonds. The first-order chi connectivity index (χ1) is 9.24. The van der Waals surface area contributed by atoms with E-state index in [1.54, 1.807) is 12.4 Å². The van der Waals surface area contributed by atoms with Crippen LogP contribution in [0.25, 0.3) is 0 Å². The van der Waals surface area contributed by atoms with Gasteiger partial charge < -0.3 is 19.4 Å². The van der Waals surface area contributed by atoms with Gasteiger partial charge in [-0.2, -0.15) is 0 Å². The summed E-state index contributed by atoms with van der Waals surface area (Å²) in [4.78, 5) is 4.07. The first kappa shape index (κ1) is 12.2. The first-order valence-electron chi connectivity index (χ1n) is 6.02. The lowest BCUT2D eigenvalue weighted by molar-refractivity contribution is 0.171. The molecule has 2 heterocycles. The Morgan fingerprint density at radius 3 is 2.74 bits per heavy atom. The zero-order chi connectivity index (χ0) is 13.2. The number of hydrogen-bond acceptors (Lipinski definition) is 4. The largest absolute Gasteiger partial charge is 0.486 e. The van der Waals surface area contributed by atoms with Gasteiger partial charge >= 0.3 is 0 Å². The maximum atomic E-state index is 6.22. The van der Waals surface area contributed by atoms with E-state index >= 15 is 0 Å². The standard InChI is InChI=1S/C13H14ClN3O2/c1-17-8-15-6-9(17)7-16-11-5-13-12(4-10(11)14)18-2-3-19-13/h4-6,8,16H,2-3,7H2,1H3. The summed E-state index contributed by atoms with van der Waals surface area (Å²) in [5.41, 5.74) is 1.90. The van der Waals surface area contributed by atoms with Crippen LogP contribution in [0.15, 0.2) is 24.7 Å². The lowest BCUT2D eigenvalue weighted by Crippen LogP contribution is -2.15. The number of rotatable bonds is 3. The Balaban J connectivity index is 1.79. The minimum Gasteiger partial charge on any atom is -0.486 e. The number of hydrogen-bond donors (Lipinski definition) is 1. The van der Waals surface area contributed by atoms with E-state index in [9.17, 15) is 0 Å². The van der Waals surface area contributed by atoms with E-state index in [-0.39, 0.29) is 0 Å². The monoisotopic (exact) mass is 279 g/mol. The van der Waals surface area contributed by atoms with Crippen LogP contribution in [-0.4, -0.2) is 22.8 Å². The Labute approximate surface area is 116 Å². The van der Waals surface area contributed by atoms with Crippen molar-refractivity contribution in [2.75, 3.05) is 18.5 Å². The predicted molar refractivity (Wildman–Crippen MR) is 73.0 cm³/mol. The van der Waals surface area contributed by atoms with Crippen molar-refractivity contribution in [3.05, 3.63) is 35.4 Å². The van der Waals surface area contributed by atoms with Crippen molar-refractivity contribution < 1.29 is 9.47 Å². The molecule has 19 heavy (non-hydrogen) atoms. The van der Waals surface area contributed by atoms with Gasteiger partial charge in [0.1, 0.15) is 13.2 Å². The van der Waals surface area contributed by atoms with Gasteiger partial charge in [-0.3, -0.25) is 0 Å². The van der Waals surface area contributed by atoms with Gasteiger partial charge in [0.15, 0.2) is 11.5 Å². The van der Waals surface area contributed by atoms with Crippen LogP contribution < -0.4 is 14.8 Å². The second-order valence-corrected chi connectivity index (χ2v) is 4.73. The lowest BCUT2D eigenvalue weighted by Gasteiger charge is -2.20. The second-order valence-electron chi connectivity index (χ2n) is 4.33. The smallest absolute Gasteiger partial charge is 0.163 e. The molecule has 1 aromatic heterocycles. The number of nitrogens with one attached hydrogen (secondary N) is 1. The average Bonchev–Trinajstić information content (AvgIpc) is 2.82. The number of ether oxygens (including phenoxy) is 2. The minimum atomic E-state index is 0.561. The maximum Gasteiger partial charge on any atom is 0.163 e. The van der Waals surface area contributed by atoms with Crippen LogP contribution >= 0.6 is 11.6 Å². The fraction of sp³-hybridized carbons (Fsp3) is 0.308. The van der Waals surface area contributed by atoms with Crippen LogP contribution in [-0.2, 0) is 13.6 Å². The molecular formula is C13H14ClN3O2. The van der Waals surface area contributed by atoms with Crippen molar-refractivity contribution in [3.63, 3.8) is 0 Å². The molecule has 0 aliphatic carbocycles. The number of anilines is 1. The summed E-state index contributed by atoms with van der Waals surface area (Å²) in [5.74, 6) is 1.42. The molecule has 6 heteroatoms. The molecule has 0 saturated heterocycles. The Bertz CT molecular complexity index is 598. The summed E-state index contributed by atoms with van der Waals surface area (Å²) >= 11 is 6.22. The highest BCUT2D eigenvalue weighted by molar-refractivity contribution is 6.33. The van der Waals surface area contributed by atoms with E-state index in [1.807, 2.05) is 23.9 Å². The molecule has 2 aromatic rings. The van der Waals surface area contributed by atoms with Gasteiger partial charge in [-0.05, 0) is 0 Å². The maximum absolute atomic E-state index is 6.22. The van der Waals surface area contributed by atoms with Crippen molar-refractivity contribution in [2.45, 2.75) is 6.54 Å². The molecule has 3 rings (SSSR count). The fourth-order valence-electron chi connectivity index (χ4n) is 1.94. The number of imidazole rings is 1. The number of halogens is 1. The molecule has 0 atom stereocenters. The molecule has 0 saturated carbocycles. The van der Waals surface area contributed by atoms with Gasteiger partial charge in [-0.15, -0.1) is 0 Å². The summed E-state index contributed by atoms with van der Waals surface area (Å²) in [5, 5.41) is 3.90. The number of nitrogens with zero attached hydrogens (tertiary/aromatic N) is 2. The highest BCUT2D eigenvalue weighted by Gasteiger charge is 2.15. The summed E-state index contributed by atoms with van der Waals surface area (Å²) in [6.45, 7) is 1.77. The van der Waals surface area contributed by atoms with E-state index in [1.165, 1.54) is 0 Å². The van der Waals surface area contributed by atoms with Crippen LogP contribution in [0.5, 0.6) is 11.5 Å². The Morgan fingerprint density at radius 1 is 1.32 bits per heavy atom. The molecule has 0 spiro atoms. The highest BCUT2D eigenvalue weighted by Crippen LogP contribution is 2.38. The molecule has 0 unspecified atom stereocenters. The quantitative estimate of drug-likeness (QED) is 0.938. The van der Waals surface area contributed by atoms with E-state index in [0.29, 0.717) is 30.5 Å². The lowest BCUT2D eigenvalue weighted by atomic mass is 10.2. The average molecular weight is 280 g/mol. The second kappa shape index (κ2) is 5.01. The molecule has 0 bridgehead atoms. The topological polar surface area (TPSA) is 48.3 Å². The summed E-state index contributed by atoms with van der Waals surface area (Å²) in [6, 6.07) is 3.65. The Morgan fingerprint density at radius 2 is 2.05 bits per heavy atom. The predicted octanol–water partition coefficient (Wildman–Crippen LogP) is 2.46. The van der Waals surface area contributed by atoms with E-state index in [0.717, 1.165) is 17.1 Å². The van der Waals surface area contributed by atoms with Crippen molar-refractivity contribution in [2.24, 2.45) is 7.05 Å². The number of aromatic nitrogens is 2. The van der Waals surface area contributed by atoms with Crippen molar-refractivity contribution in [1.82, 2.24) is 9.55 Å². The Kier molecular flexibility index (Phi) is 3.21. The van der Waals surface area contributed by atoms with E-state index < -0.39 is 0 Å². The molecule has 1 aliphatic heterocycles. The van der Waals surface area contributed by atoms with Gasteiger partial charge in [0.25, 0.3) is 0 Å². The fourth-order valence-corrected chi connectivity index (χ4v) is 2.16. The SMILES string of the molecule is Cn1cncc1CNc1cc2c(cc1Cl)OCCO2. The van der Waals surface area contributed by atoms with Crippen LogP contribution in [0.4, 0.5) is 5.69 Å². The molecule has 1 aliphatic rings. The molecule has 100 valence electrons. The zero-order valence-corrected chi connectivity index (χ0v) is 11.3. The van der Waals surface area contributed by atoms with Gasteiger partial charge in [-0.25, -0.2) is 4.98 Å². The van der Waals surface area contributed by atoms with Crippen molar-refractivity contribution in [1.29, 1.82) is 0 Å². The molecule has 0 radical (unpaired) electrons. The van der Waals surface area contributed by atoms with Crippen LogP contribution in [0.1, 0.15) is 5.69 Å². The Hall–Kier alpha value is -1.88. The molecular weight excluding hydrogens is 266 g/mol. The first-order valence-corrected chi connectivity index (χ1v) is 6.40. The normalized spacial score (nSPS) is 13.4. The van der Waals surface area contributed by atoms with Crippen molar-refractivity contribution in [3.8, 4) is 11.5 Å². The highest BCUT2D eigenvalue weighted by atomic mass is 35.5. The minimum absolute atomic E-state index is 0.561. The molecule has 1 N–H and O–H groups in total. The zero-order valence-electron chi connectivity index (χ0n) is 10.5. The third-order valence-electron chi connectivity index (χ3n) is 3.01.